The van der Waals surface area contributed by atoms with Crippen molar-refractivity contribution in [3.05, 3.63) is 33.8 Å². The normalized spacial score (nSPS) is 12.2. The summed E-state index contributed by atoms with van der Waals surface area (Å²) in [5, 5.41) is 3.75. The molecule has 0 saturated carbocycles. The summed E-state index contributed by atoms with van der Waals surface area (Å²) in [7, 11) is 0. The summed E-state index contributed by atoms with van der Waals surface area (Å²) in [6.07, 6.45) is 0.921. The molecule has 0 aliphatic rings. The number of carbonyl (C=O) groups excluding carboxylic acids is 1. The number of benzene rings is 1. The first-order valence-corrected chi connectivity index (χ1v) is 7.13. The van der Waals surface area contributed by atoms with Gasteiger partial charge in [0.2, 0.25) is 0 Å². The van der Waals surface area contributed by atoms with Crippen LogP contribution in [0.15, 0.2) is 22.7 Å². The van der Waals surface area contributed by atoms with Gasteiger partial charge in [-0.15, -0.1) is 0 Å². The summed E-state index contributed by atoms with van der Waals surface area (Å²) >= 11 is 6.80. The van der Waals surface area contributed by atoms with Gasteiger partial charge in [-0.1, -0.05) is 44.8 Å². The van der Waals surface area contributed by atoms with Crippen molar-refractivity contribution in [2.45, 2.75) is 26.3 Å². The lowest BCUT2D eigenvalue weighted by Gasteiger charge is -2.14. The second-order valence-corrected chi connectivity index (χ2v) is 5.20. The van der Waals surface area contributed by atoms with Gasteiger partial charge in [-0.3, -0.25) is 4.79 Å². The molecular formula is C12H15Br2NO. The number of hydrogen-bond acceptors (Lipinski definition) is 1. The maximum atomic E-state index is 11.9. The smallest absolute Gasteiger partial charge is 0.251 e. The van der Waals surface area contributed by atoms with Gasteiger partial charge in [0, 0.05) is 21.4 Å². The third-order valence-electron chi connectivity index (χ3n) is 2.45. The van der Waals surface area contributed by atoms with Gasteiger partial charge < -0.3 is 5.32 Å². The Morgan fingerprint density at radius 3 is 2.69 bits per heavy atom. The number of aryl methyl sites for hydroxylation is 1. The molecule has 1 aromatic rings. The third-order valence-corrected chi connectivity index (χ3v) is 4.08. The third kappa shape index (κ3) is 3.59. The summed E-state index contributed by atoms with van der Waals surface area (Å²) < 4.78 is 0.965. The first-order valence-electron chi connectivity index (χ1n) is 5.21. The van der Waals surface area contributed by atoms with Gasteiger partial charge in [0.15, 0.2) is 0 Å². The second kappa shape index (κ2) is 6.40. The molecular weight excluding hydrogens is 334 g/mol. The maximum absolute atomic E-state index is 11.9. The molecule has 1 amide bonds. The topological polar surface area (TPSA) is 29.1 Å². The summed E-state index contributed by atoms with van der Waals surface area (Å²) in [6, 6.07) is 5.82. The Bertz CT molecular complexity index is 375. The van der Waals surface area contributed by atoms with Crippen molar-refractivity contribution in [2.75, 3.05) is 5.33 Å². The molecule has 0 aliphatic carbocycles. The van der Waals surface area contributed by atoms with Gasteiger partial charge >= 0.3 is 0 Å². The van der Waals surface area contributed by atoms with E-state index in [4.69, 9.17) is 0 Å². The lowest BCUT2D eigenvalue weighted by atomic mass is 10.1. The molecule has 1 rings (SSSR count). The Morgan fingerprint density at radius 2 is 2.19 bits per heavy atom. The fourth-order valence-corrected chi connectivity index (χ4v) is 2.25. The van der Waals surface area contributed by atoms with Gasteiger partial charge in [-0.2, -0.15) is 0 Å². The molecule has 1 unspecified atom stereocenters. The van der Waals surface area contributed by atoms with Crippen molar-refractivity contribution >= 4 is 37.8 Å². The van der Waals surface area contributed by atoms with Crippen LogP contribution >= 0.6 is 31.9 Å². The molecule has 0 spiro atoms. The van der Waals surface area contributed by atoms with Crippen molar-refractivity contribution in [2.24, 2.45) is 0 Å². The number of nitrogens with one attached hydrogen (secondary N) is 1. The average Bonchev–Trinajstić information content (AvgIpc) is 2.29. The number of hydrogen-bond donors (Lipinski definition) is 1. The number of amides is 1. The lowest BCUT2D eigenvalue weighted by molar-refractivity contribution is 0.0940. The van der Waals surface area contributed by atoms with Crippen molar-refractivity contribution in [1.82, 2.24) is 5.32 Å². The van der Waals surface area contributed by atoms with E-state index in [1.54, 1.807) is 0 Å². The molecule has 0 heterocycles. The van der Waals surface area contributed by atoms with E-state index in [1.165, 1.54) is 0 Å². The number of halogens is 2. The number of carbonyl (C=O) groups is 1. The van der Waals surface area contributed by atoms with Crippen LogP contribution in [-0.2, 0) is 0 Å². The van der Waals surface area contributed by atoms with E-state index in [0.29, 0.717) is 5.56 Å². The molecule has 0 saturated heterocycles. The molecule has 4 heteroatoms. The predicted octanol–water partition coefficient (Wildman–Crippen LogP) is 3.66. The second-order valence-electron chi connectivity index (χ2n) is 3.70. The van der Waals surface area contributed by atoms with Crippen LogP contribution < -0.4 is 5.32 Å². The molecule has 0 radical (unpaired) electrons. The van der Waals surface area contributed by atoms with Crippen molar-refractivity contribution in [1.29, 1.82) is 0 Å². The molecule has 1 aromatic carbocycles. The molecule has 2 nitrogen and oxygen atoms in total. The first-order chi connectivity index (χ1) is 7.58. The molecule has 88 valence electrons. The van der Waals surface area contributed by atoms with Gasteiger partial charge in [-0.05, 0) is 31.0 Å². The largest absolute Gasteiger partial charge is 0.348 e. The van der Waals surface area contributed by atoms with E-state index in [9.17, 15) is 4.79 Å². The van der Waals surface area contributed by atoms with Crippen molar-refractivity contribution in [3.8, 4) is 0 Å². The van der Waals surface area contributed by atoms with Crippen molar-refractivity contribution in [3.63, 3.8) is 0 Å². The standard InChI is InChI=1S/C12H15Br2NO/c1-3-10(7-13)15-12(16)9-5-4-8(2)11(14)6-9/h4-6,10H,3,7H2,1-2H3,(H,15,16). The highest BCUT2D eigenvalue weighted by atomic mass is 79.9. The van der Waals surface area contributed by atoms with Crippen LogP contribution in [-0.4, -0.2) is 17.3 Å². The SMILES string of the molecule is CCC(CBr)NC(=O)c1ccc(C)c(Br)c1. The Kier molecular flexibility index (Phi) is 5.49. The highest BCUT2D eigenvalue weighted by Crippen LogP contribution is 2.17. The summed E-state index contributed by atoms with van der Waals surface area (Å²) in [4.78, 5) is 11.9. The van der Waals surface area contributed by atoms with Gasteiger partial charge in [0.05, 0.1) is 0 Å². The van der Waals surface area contributed by atoms with E-state index in [2.05, 4.69) is 44.1 Å². The molecule has 0 bridgehead atoms. The minimum atomic E-state index is -0.0213. The minimum Gasteiger partial charge on any atom is -0.348 e. The minimum absolute atomic E-state index is 0.0213. The maximum Gasteiger partial charge on any atom is 0.251 e. The van der Waals surface area contributed by atoms with Crippen LogP contribution in [0.4, 0.5) is 0 Å². The molecule has 0 aliphatic heterocycles. The molecule has 1 atom stereocenters. The Balaban J connectivity index is 2.76. The predicted molar refractivity (Wildman–Crippen MR) is 74.2 cm³/mol. The zero-order valence-corrected chi connectivity index (χ0v) is 12.6. The van der Waals surface area contributed by atoms with Crippen LogP contribution in [0.1, 0.15) is 29.3 Å². The highest BCUT2D eigenvalue weighted by Gasteiger charge is 2.11. The highest BCUT2D eigenvalue weighted by molar-refractivity contribution is 9.10. The van der Waals surface area contributed by atoms with Crippen LogP contribution in [0, 0.1) is 6.92 Å². The fraction of sp³-hybridized carbons (Fsp3) is 0.417. The molecule has 0 aromatic heterocycles. The van der Waals surface area contributed by atoms with Gasteiger partial charge in [0.25, 0.3) is 5.91 Å². The number of alkyl halides is 1. The summed E-state index contributed by atoms with van der Waals surface area (Å²) in [5.41, 5.74) is 1.82. The average molecular weight is 349 g/mol. The van der Waals surface area contributed by atoms with Crippen LogP contribution in [0.3, 0.4) is 0 Å². The summed E-state index contributed by atoms with van der Waals surface area (Å²) in [5.74, 6) is -0.0213. The molecule has 0 fully saturated rings. The van der Waals surface area contributed by atoms with E-state index >= 15 is 0 Å². The lowest BCUT2D eigenvalue weighted by Crippen LogP contribution is -2.35. The van der Waals surface area contributed by atoms with E-state index in [0.717, 1.165) is 21.8 Å². The molecule has 1 N–H and O–H groups in total. The fourth-order valence-electron chi connectivity index (χ4n) is 1.25. The van der Waals surface area contributed by atoms with Gasteiger partial charge in [-0.25, -0.2) is 0 Å². The van der Waals surface area contributed by atoms with E-state index in [1.807, 2.05) is 25.1 Å². The molecule has 16 heavy (non-hydrogen) atoms. The van der Waals surface area contributed by atoms with E-state index < -0.39 is 0 Å². The zero-order chi connectivity index (χ0) is 12.1. The Labute approximate surface area is 113 Å². The first kappa shape index (κ1) is 13.7. The van der Waals surface area contributed by atoms with Gasteiger partial charge in [0.1, 0.15) is 0 Å². The number of rotatable bonds is 4. The summed E-state index contributed by atoms with van der Waals surface area (Å²) in [6.45, 7) is 4.05. The zero-order valence-electron chi connectivity index (χ0n) is 9.39. The van der Waals surface area contributed by atoms with E-state index in [-0.39, 0.29) is 11.9 Å². The van der Waals surface area contributed by atoms with Crippen LogP contribution in [0.2, 0.25) is 0 Å². The Hall–Kier alpha value is -0.350. The van der Waals surface area contributed by atoms with Crippen LogP contribution in [0.25, 0.3) is 0 Å². The van der Waals surface area contributed by atoms with Crippen molar-refractivity contribution < 1.29 is 4.79 Å². The monoisotopic (exact) mass is 347 g/mol. The Morgan fingerprint density at radius 1 is 1.50 bits per heavy atom. The quantitative estimate of drug-likeness (QED) is 0.826. The van der Waals surface area contributed by atoms with Crippen LogP contribution in [0.5, 0.6) is 0 Å².